The number of rotatable bonds is 11. The molecule has 0 fully saturated rings. The third-order valence-corrected chi connectivity index (χ3v) is 6.33. The third-order valence-electron chi connectivity index (χ3n) is 6.33. The van der Waals surface area contributed by atoms with Gasteiger partial charge in [-0.25, -0.2) is 4.98 Å². The Labute approximate surface area is 223 Å². The summed E-state index contributed by atoms with van der Waals surface area (Å²) < 4.78 is 1.91. The minimum atomic E-state index is -0.714. The second-order valence-electron chi connectivity index (χ2n) is 9.30. The van der Waals surface area contributed by atoms with Gasteiger partial charge in [-0.15, -0.1) is 0 Å². The summed E-state index contributed by atoms with van der Waals surface area (Å²) in [6, 6.07) is 15.1. The van der Waals surface area contributed by atoms with Crippen LogP contribution >= 0.6 is 0 Å². The number of fused-ring (bicyclic) bond motifs is 1. The molecule has 2 N–H and O–H groups in total. The minimum Gasteiger partial charge on any atom is -0.481 e. The van der Waals surface area contributed by atoms with Crippen LogP contribution in [0.3, 0.4) is 0 Å². The van der Waals surface area contributed by atoms with Crippen molar-refractivity contribution in [1.29, 1.82) is 0 Å². The van der Waals surface area contributed by atoms with Gasteiger partial charge in [-0.2, -0.15) is 0 Å². The van der Waals surface area contributed by atoms with Crippen LogP contribution in [0.2, 0.25) is 0 Å². The molecule has 0 saturated carbocycles. The van der Waals surface area contributed by atoms with Crippen LogP contribution in [0.25, 0.3) is 16.9 Å². The van der Waals surface area contributed by atoms with Crippen LogP contribution in [0.5, 0.6) is 0 Å². The van der Waals surface area contributed by atoms with Crippen LogP contribution in [-0.4, -0.2) is 31.4 Å². The Kier molecular flexibility index (Phi) is 9.25. The molecule has 4 aromatic rings. The van der Waals surface area contributed by atoms with E-state index in [4.69, 9.17) is 10.1 Å². The molecule has 38 heavy (non-hydrogen) atoms. The molecule has 3 heterocycles. The molecule has 7 heteroatoms. The molecule has 0 aliphatic rings. The van der Waals surface area contributed by atoms with Crippen molar-refractivity contribution < 1.29 is 14.7 Å². The highest BCUT2D eigenvalue weighted by Gasteiger charge is 2.15. The molecule has 1 amide bonds. The standard InChI is InChI=1S/C31H32N4O3/c1-23-21-28(25-12-10-19-32-22-25)34-30-27(18-20-35(23)30)31(38)33-26-16-14-24(15-17-26)11-8-6-4-2-3-5-7-9-13-29(36)37/h10,12,14-22H,2-7,9,13H2,1H3,(H,33,38)(H,36,37). The van der Waals surface area contributed by atoms with Crippen molar-refractivity contribution in [2.75, 3.05) is 5.32 Å². The zero-order valence-corrected chi connectivity index (χ0v) is 21.6. The summed E-state index contributed by atoms with van der Waals surface area (Å²) in [5.41, 5.74) is 5.36. The maximum atomic E-state index is 13.1. The molecule has 0 aliphatic heterocycles. The van der Waals surface area contributed by atoms with Gasteiger partial charge in [0.05, 0.1) is 11.3 Å². The number of amides is 1. The Morgan fingerprint density at radius 2 is 1.76 bits per heavy atom. The number of benzene rings is 1. The summed E-state index contributed by atoms with van der Waals surface area (Å²) in [4.78, 5) is 32.5. The normalized spacial score (nSPS) is 10.7. The van der Waals surface area contributed by atoms with Gasteiger partial charge in [0.25, 0.3) is 5.91 Å². The summed E-state index contributed by atoms with van der Waals surface area (Å²) in [6.07, 6.45) is 12.5. The first kappa shape index (κ1) is 26.6. The number of aliphatic carboxylic acids is 1. The predicted molar refractivity (Wildman–Crippen MR) is 149 cm³/mol. The molecule has 0 atom stereocenters. The number of hydrogen-bond donors (Lipinski definition) is 2. The van der Waals surface area contributed by atoms with E-state index in [9.17, 15) is 9.59 Å². The van der Waals surface area contributed by atoms with E-state index in [2.05, 4.69) is 22.1 Å². The molecular formula is C31H32N4O3. The van der Waals surface area contributed by atoms with Crippen LogP contribution in [0.15, 0.2) is 67.1 Å². The molecule has 7 nitrogen and oxygen atoms in total. The zero-order chi connectivity index (χ0) is 26.7. The monoisotopic (exact) mass is 508 g/mol. The smallest absolute Gasteiger partial charge is 0.303 e. The summed E-state index contributed by atoms with van der Waals surface area (Å²) in [6.45, 7) is 1.99. The molecule has 1 aromatic carbocycles. The van der Waals surface area contributed by atoms with Gasteiger partial charge in [-0.05, 0) is 68.3 Å². The first-order chi connectivity index (χ1) is 18.5. The first-order valence-electron chi connectivity index (χ1n) is 13.0. The molecule has 194 valence electrons. The second kappa shape index (κ2) is 13.2. The number of nitrogens with one attached hydrogen (secondary N) is 1. The van der Waals surface area contributed by atoms with Gasteiger partial charge in [0, 0.05) is 53.9 Å². The van der Waals surface area contributed by atoms with Crippen LogP contribution in [0.4, 0.5) is 5.69 Å². The van der Waals surface area contributed by atoms with Gasteiger partial charge in [-0.3, -0.25) is 14.6 Å². The maximum absolute atomic E-state index is 13.1. The SMILES string of the molecule is Cc1cc(-c2cccnc2)nc2c(C(=O)Nc3ccc(C#CCCCCCCCCC(=O)O)cc3)ccn12. The van der Waals surface area contributed by atoms with Crippen LogP contribution in [0, 0.1) is 18.8 Å². The lowest BCUT2D eigenvalue weighted by Gasteiger charge is -2.08. The van der Waals surface area contributed by atoms with Crippen LogP contribution < -0.4 is 5.32 Å². The Morgan fingerprint density at radius 1 is 1.00 bits per heavy atom. The molecular weight excluding hydrogens is 476 g/mol. The van der Waals surface area contributed by atoms with Gasteiger partial charge in [-0.1, -0.05) is 37.5 Å². The Bertz CT molecular complexity index is 1450. The fourth-order valence-electron chi connectivity index (χ4n) is 4.27. The zero-order valence-electron chi connectivity index (χ0n) is 21.6. The van der Waals surface area contributed by atoms with Crippen molar-refractivity contribution in [3.8, 4) is 23.1 Å². The summed E-state index contributed by atoms with van der Waals surface area (Å²) in [5.74, 6) is 5.46. The molecule has 0 saturated heterocycles. The minimum absolute atomic E-state index is 0.218. The highest BCUT2D eigenvalue weighted by Crippen LogP contribution is 2.22. The van der Waals surface area contributed by atoms with Crippen molar-refractivity contribution in [3.05, 3.63) is 83.9 Å². The van der Waals surface area contributed by atoms with Crippen molar-refractivity contribution in [3.63, 3.8) is 0 Å². The molecule has 0 unspecified atom stereocenters. The number of anilines is 1. The lowest BCUT2D eigenvalue weighted by Crippen LogP contribution is -2.12. The molecule has 4 rings (SSSR count). The van der Waals surface area contributed by atoms with E-state index in [1.807, 2.05) is 60.0 Å². The number of nitrogens with zero attached hydrogens (tertiary/aromatic N) is 3. The van der Waals surface area contributed by atoms with Gasteiger partial charge in [0.1, 0.15) is 5.65 Å². The van der Waals surface area contributed by atoms with Crippen molar-refractivity contribution in [1.82, 2.24) is 14.4 Å². The van der Waals surface area contributed by atoms with Gasteiger partial charge >= 0.3 is 5.97 Å². The van der Waals surface area contributed by atoms with Crippen molar-refractivity contribution >= 4 is 23.2 Å². The van der Waals surface area contributed by atoms with Gasteiger partial charge in [0.2, 0.25) is 0 Å². The predicted octanol–water partition coefficient (Wildman–Crippen LogP) is 6.51. The number of aromatic nitrogens is 3. The number of aryl methyl sites for hydroxylation is 1. The Balaban J connectivity index is 1.30. The number of carbonyl (C=O) groups is 2. The lowest BCUT2D eigenvalue weighted by atomic mass is 10.1. The largest absolute Gasteiger partial charge is 0.481 e. The van der Waals surface area contributed by atoms with E-state index in [0.29, 0.717) is 16.9 Å². The third kappa shape index (κ3) is 7.30. The number of carboxylic acid groups (broad SMARTS) is 1. The summed E-state index contributed by atoms with van der Waals surface area (Å²) in [7, 11) is 0. The Hall–Kier alpha value is -4.44. The number of unbranched alkanes of at least 4 members (excludes halogenated alkanes) is 6. The van der Waals surface area contributed by atoms with E-state index in [1.165, 1.54) is 0 Å². The molecule has 0 aliphatic carbocycles. The van der Waals surface area contributed by atoms with E-state index in [0.717, 1.165) is 67.5 Å². The fraction of sp³-hybridized carbons (Fsp3) is 0.290. The number of hydrogen-bond acceptors (Lipinski definition) is 4. The van der Waals surface area contributed by atoms with E-state index in [-0.39, 0.29) is 12.3 Å². The highest BCUT2D eigenvalue weighted by atomic mass is 16.4. The van der Waals surface area contributed by atoms with E-state index in [1.54, 1.807) is 18.5 Å². The van der Waals surface area contributed by atoms with Crippen molar-refractivity contribution in [2.45, 2.75) is 58.3 Å². The quantitative estimate of drug-likeness (QED) is 0.178. The van der Waals surface area contributed by atoms with Crippen LogP contribution in [-0.2, 0) is 4.79 Å². The van der Waals surface area contributed by atoms with E-state index >= 15 is 0 Å². The Morgan fingerprint density at radius 3 is 2.50 bits per heavy atom. The molecule has 0 bridgehead atoms. The lowest BCUT2D eigenvalue weighted by molar-refractivity contribution is -0.137. The summed E-state index contributed by atoms with van der Waals surface area (Å²) >= 11 is 0. The molecule has 0 radical (unpaired) electrons. The number of pyridine rings is 1. The first-order valence-corrected chi connectivity index (χ1v) is 13.0. The maximum Gasteiger partial charge on any atom is 0.303 e. The number of carbonyl (C=O) groups excluding carboxylic acids is 1. The topological polar surface area (TPSA) is 96.6 Å². The van der Waals surface area contributed by atoms with Crippen LogP contribution in [0.1, 0.15) is 73.0 Å². The van der Waals surface area contributed by atoms with Gasteiger partial charge < -0.3 is 14.8 Å². The average Bonchev–Trinajstić information content (AvgIpc) is 3.36. The molecule has 0 spiro atoms. The summed E-state index contributed by atoms with van der Waals surface area (Å²) in [5, 5.41) is 11.6. The highest BCUT2D eigenvalue weighted by molar-refractivity contribution is 6.08. The average molecular weight is 509 g/mol. The van der Waals surface area contributed by atoms with Crippen molar-refractivity contribution in [2.24, 2.45) is 0 Å². The van der Waals surface area contributed by atoms with E-state index < -0.39 is 5.97 Å². The van der Waals surface area contributed by atoms with Gasteiger partial charge in [0.15, 0.2) is 0 Å². The number of carboxylic acids is 1. The fourth-order valence-corrected chi connectivity index (χ4v) is 4.27. The second-order valence-corrected chi connectivity index (χ2v) is 9.30. The molecule has 3 aromatic heterocycles.